The first-order valence-electron chi connectivity index (χ1n) is 6.28. The number of thiazole rings is 2. The third-order valence-electron chi connectivity index (χ3n) is 3.40. The molecule has 2 aromatic rings. The summed E-state index contributed by atoms with van der Waals surface area (Å²) in [6, 6.07) is 0.791. The topological polar surface area (TPSA) is 77.8 Å². The van der Waals surface area contributed by atoms with Gasteiger partial charge in [-0.3, -0.25) is 0 Å². The SMILES string of the molecule is Br.Br.Br.Br.N[C@@H]1C[C@H]1c1cnc(Br)s1.N[C@H]1C[C@@H]1c1cnc(Br)s1. The molecule has 2 aromatic heterocycles. The van der Waals surface area contributed by atoms with Crippen LogP contribution in [0.25, 0.3) is 0 Å². The van der Waals surface area contributed by atoms with E-state index in [9.17, 15) is 0 Å². The van der Waals surface area contributed by atoms with Crippen LogP contribution in [0.5, 0.6) is 0 Å². The van der Waals surface area contributed by atoms with Crippen LogP contribution in [0, 0.1) is 0 Å². The predicted octanol–water partition coefficient (Wildman–Crippen LogP) is 5.75. The monoisotopic (exact) mass is 756 g/mol. The zero-order chi connectivity index (χ0) is 14.3. The van der Waals surface area contributed by atoms with Crippen LogP contribution in [0.4, 0.5) is 0 Å². The van der Waals surface area contributed by atoms with E-state index in [1.165, 1.54) is 9.75 Å². The Labute approximate surface area is 208 Å². The molecular weight excluding hydrogens is 744 g/mol. The first kappa shape index (κ1) is 28.3. The summed E-state index contributed by atoms with van der Waals surface area (Å²) in [6.07, 6.45) is 6.09. The van der Waals surface area contributed by atoms with Crippen molar-refractivity contribution in [2.24, 2.45) is 11.5 Å². The minimum atomic E-state index is 0. The molecule has 4 nitrogen and oxygen atoms in total. The van der Waals surface area contributed by atoms with Crippen LogP contribution in [0.3, 0.4) is 0 Å². The van der Waals surface area contributed by atoms with E-state index >= 15 is 0 Å². The highest BCUT2D eigenvalue weighted by Gasteiger charge is 2.36. The van der Waals surface area contributed by atoms with Gasteiger partial charge in [0.05, 0.1) is 0 Å². The molecule has 140 valence electrons. The van der Waals surface area contributed by atoms with Crippen LogP contribution in [-0.4, -0.2) is 22.1 Å². The maximum atomic E-state index is 5.67. The molecule has 2 aliphatic rings. The van der Waals surface area contributed by atoms with Crippen LogP contribution in [0.15, 0.2) is 20.2 Å². The van der Waals surface area contributed by atoms with Crippen molar-refractivity contribution < 1.29 is 0 Å². The van der Waals surface area contributed by atoms with Gasteiger partial charge in [0, 0.05) is 46.1 Å². The van der Waals surface area contributed by atoms with Crippen molar-refractivity contribution in [3.8, 4) is 0 Å². The van der Waals surface area contributed by atoms with Crippen molar-refractivity contribution in [1.82, 2.24) is 9.97 Å². The van der Waals surface area contributed by atoms with Gasteiger partial charge in [-0.25, -0.2) is 9.97 Å². The molecule has 2 heterocycles. The van der Waals surface area contributed by atoms with Crippen LogP contribution in [0.1, 0.15) is 34.4 Å². The van der Waals surface area contributed by atoms with Gasteiger partial charge in [-0.05, 0) is 44.7 Å². The average Bonchev–Trinajstić information content (AvgIpc) is 3.19. The third kappa shape index (κ3) is 7.97. The second-order valence-electron chi connectivity index (χ2n) is 5.04. The van der Waals surface area contributed by atoms with Gasteiger partial charge in [0.15, 0.2) is 7.83 Å². The maximum Gasteiger partial charge on any atom is 0.159 e. The molecule has 24 heavy (non-hydrogen) atoms. The lowest BCUT2D eigenvalue weighted by atomic mass is 10.4. The second kappa shape index (κ2) is 12.5. The number of halogens is 6. The summed E-state index contributed by atoms with van der Waals surface area (Å²) < 4.78 is 1.92. The molecule has 4 rings (SSSR count). The average molecular weight is 762 g/mol. The normalized spacial score (nSPS) is 25.5. The first-order valence-corrected chi connectivity index (χ1v) is 9.50. The Balaban J connectivity index is 0. The molecule has 0 aliphatic heterocycles. The fourth-order valence-corrected chi connectivity index (χ4v) is 4.94. The molecule has 0 unspecified atom stereocenters. The Morgan fingerprint density at radius 1 is 0.792 bits per heavy atom. The van der Waals surface area contributed by atoms with E-state index in [0.29, 0.717) is 23.9 Å². The Morgan fingerprint density at radius 2 is 1.08 bits per heavy atom. The number of nitrogens with two attached hydrogens (primary N) is 2. The summed E-state index contributed by atoms with van der Waals surface area (Å²) >= 11 is 10.0. The molecule has 12 heteroatoms. The van der Waals surface area contributed by atoms with E-state index in [1.807, 2.05) is 12.4 Å². The summed E-state index contributed by atoms with van der Waals surface area (Å²) in [7, 11) is 0. The smallest absolute Gasteiger partial charge is 0.159 e. The molecule has 0 aromatic carbocycles. The molecule has 0 saturated heterocycles. The van der Waals surface area contributed by atoms with Crippen molar-refractivity contribution in [2.75, 3.05) is 0 Å². The van der Waals surface area contributed by atoms with Crippen molar-refractivity contribution in [3.63, 3.8) is 0 Å². The molecule has 0 spiro atoms. The maximum absolute atomic E-state index is 5.67. The van der Waals surface area contributed by atoms with Gasteiger partial charge in [-0.1, -0.05) is 0 Å². The van der Waals surface area contributed by atoms with Gasteiger partial charge in [-0.2, -0.15) is 0 Å². The van der Waals surface area contributed by atoms with Crippen LogP contribution < -0.4 is 11.5 Å². The second-order valence-corrected chi connectivity index (χ2v) is 9.72. The molecule has 2 saturated carbocycles. The van der Waals surface area contributed by atoms with Gasteiger partial charge in [0.2, 0.25) is 0 Å². The molecule has 4 N–H and O–H groups in total. The highest BCUT2D eigenvalue weighted by Crippen LogP contribution is 2.42. The van der Waals surface area contributed by atoms with Crippen molar-refractivity contribution in [2.45, 2.75) is 36.8 Å². The first-order chi connectivity index (χ1) is 9.54. The molecular formula is C12H18Br6N4S2. The minimum absolute atomic E-state index is 0. The quantitative estimate of drug-likeness (QED) is 0.409. The summed E-state index contributed by atoms with van der Waals surface area (Å²) in [4.78, 5) is 10.8. The lowest BCUT2D eigenvalue weighted by molar-refractivity contribution is 1.00. The largest absolute Gasteiger partial charge is 0.327 e. The Hall–Kier alpha value is 2.06. The van der Waals surface area contributed by atoms with E-state index in [2.05, 4.69) is 41.8 Å². The summed E-state index contributed by atoms with van der Waals surface area (Å²) in [5.41, 5.74) is 11.3. The van der Waals surface area contributed by atoms with Crippen molar-refractivity contribution >= 4 is 122 Å². The highest BCUT2D eigenvalue weighted by atomic mass is 79.9. The number of aromatic nitrogens is 2. The number of nitrogens with zero attached hydrogens (tertiary/aromatic N) is 2. The molecule has 2 aliphatic carbocycles. The molecule has 0 bridgehead atoms. The number of rotatable bonds is 2. The van der Waals surface area contributed by atoms with Gasteiger partial charge in [-0.15, -0.1) is 90.6 Å². The van der Waals surface area contributed by atoms with E-state index in [1.54, 1.807) is 22.7 Å². The minimum Gasteiger partial charge on any atom is -0.327 e. The van der Waals surface area contributed by atoms with Gasteiger partial charge < -0.3 is 11.5 Å². The Morgan fingerprint density at radius 3 is 1.25 bits per heavy atom. The highest BCUT2D eigenvalue weighted by molar-refractivity contribution is 9.11. The Kier molecular flexibility index (Phi) is 14.7. The van der Waals surface area contributed by atoms with Crippen LogP contribution in [0.2, 0.25) is 0 Å². The van der Waals surface area contributed by atoms with Gasteiger partial charge in [0.25, 0.3) is 0 Å². The summed E-state index contributed by atoms with van der Waals surface area (Å²) in [5.74, 6) is 1.20. The van der Waals surface area contributed by atoms with Crippen molar-refractivity contribution in [3.05, 3.63) is 30.0 Å². The lowest BCUT2D eigenvalue weighted by Gasteiger charge is -1.85. The summed E-state index contributed by atoms with van der Waals surface area (Å²) in [5, 5.41) is 0. The predicted molar refractivity (Wildman–Crippen MR) is 132 cm³/mol. The van der Waals surface area contributed by atoms with E-state index in [4.69, 9.17) is 11.5 Å². The van der Waals surface area contributed by atoms with Gasteiger partial charge >= 0.3 is 0 Å². The van der Waals surface area contributed by atoms with Crippen molar-refractivity contribution in [1.29, 1.82) is 0 Å². The zero-order valence-corrected chi connectivity index (χ0v) is 23.8. The lowest BCUT2D eigenvalue weighted by Crippen LogP contribution is -1.99. The standard InChI is InChI=1S/2C6H7BrN2S.4BrH/c2*7-6-9-2-5(10-6)3-1-4(3)8;;;;/h2*2-4H,1,8H2;4*1H/t2*3-,4-;;;;/m10..../s1. The van der Waals surface area contributed by atoms with E-state index in [0.717, 1.165) is 20.7 Å². The van der Waals surface area contributed by atoms with E-state index < -0.39 is 0 Å². The van der Waals surface area contributed by atoms with Crippen LogP contribution >= 0.6 is 122 Å². The third-order valence-corrected chi connectivity index (χ3v) is 6.62. The molecule has 0 amide bonds. The summed E-state index contributed by atoms with van der Waals surface area (Å²) in [6.45, 7) is 0. The van der Waals surface area contributed by atoms with Gasteiger partial charge in [0.1, 0.15) is 0 Å². The Bertz CT molecular complexity index is 558. The fraction of sp³-hybridized carbons (Fsp3) is 0.500. The van der Waals surface area contributed by atoms with Crippen LogP contribution in [-0.2, 0) is 0 Å². The zero-order valence-electron chi connectivity index (χ0n) is 12.1. The fourth-order valence-electron chi connectivity index (χ4n) is 1.96. The number of hydrogen-bond donors (Lipinski definition) is 2. The molecule has 0 radical (unpaired) electrons. The molecule has 4 atom stereocenters. The number of hydrogen-bond acceptors (Lipinski definition) is 6. The molecule has 2 fully saturated rings. The van der Waals surface area contributed by atoms with E-state index in [-0.39, 0.29) is 67.9 Å².